The van der Waals surface area contributed by atoms with Gasteiger partial charge in [-0.2, -0.15) is 5.26 Å². The summed E-state index contributed by atoms with van der Waals surface area (Å²) in [6.45, 7) is 9.83. The molecule has 0 aromatic heterocycles. The van der Waals surface area contributed by atoms with E-state index in [1.54, 1.807) is 11.0 Å². The fraction of sp³-hybridized carbons (Fsp3) is 0.636. The van der Waals surface area contributed by atoms with Crippen molar-refractivity contribution in [3.8, 4) is 6.07 Å². The van der Waals surface area contributed by atoms with Gasteiger partial charge >= 0.3 is 0 Å². The van der Waals surface area contributed by atoms with Gasteiger partial charge < -0.3 is 4.90 Å². The number of hydrogen-bond donors (Lipinski definition) is 0. The summed E-state index contributed by atoms with van der Waals surface area (Å²) in [6, 6.07) is 2.13. The molecule has 0 fully saturated rings. The minimum absolute atomic E-state index is 0.0927. The van der Waals surface area contributed by atoms with Gasteiger partial charge in [0.05, 0.1) is 6.07 Å². The standard InChI is InChI=1S/C11H18N2O/c1-5-7-13(9(3)4)11(14)10(6-2)8-12/h5,9-10H,1,6-7H2,2-4H3. The van der Waals surface area contributed by atoms with Crippen LogP contribution in [0.2, 0.25) is 0 Å². The molecule has 3 heteroatoms. The van der Waals surface area contributed by atoms with Gasteiger partial charge in [-0.05, 0) is 20.3 Å². The van der Waals surface area contributed by atoms with Crippen LogP contribution in [0.15, 0.2) is 12.7 Å². The fourth-order valence-electron chi connectivity index (χ4n) is 1.22. The molecule has 0 heterocycles. The molecule has 0 aliphatic rings. The van der Waals surface area contributed by atoms with Crippen LogP contribution in [0.1, 0.15) is 27.2 Å². The Morgan fingerprint density at radius 3 is 2.50 bits per heavy atom. The quantitative estimate of drug-likeness (QED) is 0.628. The number of hydrogen-bond acceptors (Lipinski definition) is 2. The third kappa shape index (κ3) is 3.21. The van der Waals surface area contributed by atoms with Gasteiger partial charge in [-0.15, -0.1) is 6.58 Å². The van der Waals surface area contributed by atoms with Gasteiger partial charge in [-0.1, -0.05) is 13.0 Å². The Balaban J connectivity index is 4.58. The fourth-order valence-corrected chi connectivity index (χ4v) is 1.22. The van der Waals surface area contributed by atoms with Gasteiger partial charge in [-0.25, -0.2) is 0 Å². The van der Waals surface area contributed by atoms with Crippen LogP contribution in [-0.4, -0.2) is 23.4 Å². The van der Waals surface area contributed by atoms with Gasteiger partial charge in [0.1, 0.15) is 5.92 Å². The van der Waals surface area contributed by atoms with Crippen molar-refractivity contribution in [2.75, 3.05) is 6.54 Å². The molecule has 0 saturated heterocycles. The van der Waals surface area contributed by atoms with Crippen LogP contribution in [0.5, 0.6) is 0 Å². The van der Waals surface area contributed by atoms with Gasteiger partial charge in [-0.3, -0.25) is 4.79 Å². The van der Waals surface area contributed by atoms with Crippen molar-refractivity contribution in [3.63, 3.8) is 0 Å². The first kappa shape index (κ1) is 12.7. The van der Waals surface area contributed by atoms with Crippen LogP contribution in [-0.2, 0) is 4.79 Å². The zero-order valence-electron chi connectivity index (χ0n) is 9.16. The zero-order valence-corrected chi connectivity index (χ0v) is 9.16. The van der Waals surface area contributed by atoms with E-state index in [2.05, 4.69) is 6.58 Å². The Morgan fingerprint density at radius 1 is 1.64 bits per heavy atom. The summed E-state index contributed by atoms with van der Waals surface area (Å²) in [4.78, 5) is 13.5. The first-order chi connectivity index (χ1) is 6.58. The predicted octanol–water partition coefficient (Wildman–Crippen LogP) is 1.96. The smallest absolute Gasteiger partial charge is 0.240 e. The minimum atomic E-state index is -0.516. The summed E-state index contributed by atoms with van der Waals surface area (Å²) in [5, 5.41) is 8.77. The second kappa shape index (κ2) is 6.20. The molecular formula is C11H18N2O. The number of nitrogens with zero attached hydrogens (tertiary/aromatic N) is 2. The van der Waals surface area contributed by atoms with E-state index >= 15 is 0 Å². The molecule has 0 aromatic carbocycles. The topological polar surface area (TPSA) is 44.1 Å². The Bertz CT molecular complexity index is 240. The molecule has 1 unspecified atom stereocenters. The number of nitriles is 1. The van der Waals surface area contributed by atoms with E-state index in [1.807, 2.05) is 26.8 Å². The molecule has 1 amide bonds. The monoisotopic (exact) mass is 194 g/mol. The van der Waals surface area contributed by atoms with E-state index in [9.17, 15) is 4.79 Å². The lowest BCUT2D eigenvalue weighted by Crippen LogP contribution is -2.40. The predicted molar refractivity (Wildman–Crippen MR) is 56.4 cm³/mol. The minimum Gasteiger partial charge on any atom is -0.335 e. The van der Waals surface area contributed by atoms with Crippen LogP contribution in [0.3, 0.4) is 0 Å². The summed E-state index contributed by atoms with van der Waals surface area (Å²) in [7, 11) is 0. The summed E-state index contributed by atoms with van der Waals surface area (Å²) in [6.07, 6.45) is 2.25. The van der Waals surface area contributed by atoms with Crippen LogP contribution in [0.4, 0.5) is 0 Å². The molecule has 0 aliphatic heterocycles. The third-order valence-electron chi connectivity index (χ3n) is 2.09. The molecule has 0 N–H and O–H groups in total. The average Bonchev–Trinajstić information content (AvgIpc) is 2.15. The largest absolute Gasteiger partial charge is 0.335 e. The van der Waals surface area contributed by atoms with Crippen LogP contribution < -0.4 is 0 Å². The van der Waals surface area contributed by atoms with Crippen molar-refractivity contribution in [3.05, 3.63) is 12.7 Å². The van der Waals surface area contributed by atoms with E-state index in [0.29, 0.717) is 13.0 Å². The zero-order chi connectivity index (χ0) is 11.1. The van der Waals surface area contributed by atoms with Crippen molar-refractivity contribution in [1.29, 1.82) is 5.26 Å². The maximum absolute atomic E-state index is 11.8. The van der Waals surface area contributed by atoms with Gasteiger partial charge in [0, 0.05) is 12.6 Å². The second-order valence-electron chi connectivity index (χ2n) is 3.46. The van der Waals surface area contributed by atoms with Gasteiger partial charge in [0.15, 0.2) is 0 Å². The Kier molecular flexibility index (Phi) is 5.62. The molecule has 0 aromatic rings. The number of carbonyl (C=O) groups excluding carboxylic acids is 1. The van der Waals surface area contributed by atoms with Crippen molar-refractivity contribution in [2.24, 2.45) is 5.92 Å². The molecular weight excluding hydrogens is 176 g/mol. The SMILES string of the molecule is C=CCN(C(=O)C(C#N)CC)C(C)C. The summed E-state index contributed by atoms with van der Waals surface area (Å²) >= 11 is 0. The molecule has 0 rings (SSSR count). The highest BCUT2D eigenvalue weighted by atomic mass is 16.2. The van der Waals surface area contributed by atoms with Crippen LogP contribution >= 0.6 is 0 Å². The summed E-state index contributed by atoms with van der Waals surface area (Å²) in [5.74, 6) is -0.609. The first-order valence-electron chi connectivity index (χ1n) is 4.89. The maximum Gasteiger partial charge on any atom is 0.240 e. The van der Waals surface area contributed by atoms with Crippen molar-refractivity contribution < 1.29 is 4.79 Å². The second-order valence-corrected chi connectivity index (χ2v) is 3.46. The molecule has 0 saturated carbocycles. The first-order valence-corrected chi connectivity index (χ1v) is 4.89. The van der Waals surface area contributed by atoms with Crippen LogP contribution in [0.25, 0.3) is 0 Å². The Hall–Kier alpha value is -1.30. The highest BCUT2D eigenvalue weighted by molar-refractivity contribution is 5.81. The van der Waals surface area contributed by atoms with Crippen molar-refractivity contribution in [2.45, 2.75) is 33.2 Å². The Morgan fingerprint density at radius 2 is 2.21 bits per heavy atom. The lowest BCUT2D eigenvalue weighted by atomic mass is 10.1. The Labute approximate surface area is 86.0 Å². The molecule has 78 valence electrons. The third-order valence-corrected chi connectivity index (χ3v) is 2.09. The van der Waals surface area contributed by atoms with E-state index < -0.39 is 5.92 Å². The van der Waals surface area contributed by atoms with Crippen LogP contribution in [0, 0.1) is 17.2 Å². The maximum atomic E-state index is 11.8. The summed E-state index contributed by atoms with van der Waals surface area (Å²) < 4.78 is 0. The van der Waals surface area contributed by atoms with E-state index in [0.717, 1.165) is 0 Å². The molecule has 0 spiro atoms. The highest BCUT2D eigenvalue weighted by Crippen LogP contribution is 2.09. The molecule has 0 bridgehead atoms. The molecule has 1 atom stereocenters. The number of rotatable bonds is 5. The molecule has 0 radical (unpaired) electrons. The van der Waals surface area contributed by atoms with E-state index in [4.69, 9.17) is 5.26 Å². The highest BCUT2D eigenvalue weighted by Gasteiger charge is 2.23. The van der Waals surface area contributed by atoms with Gasteiger partial charge in [0.2, 0.25) is 5.91 Å². The van der Waals surface area contributed by atoms with Gasteiger partial charge in [0.25, 0.3) is 0 Å². The molecule has 14 heavy (non-hydrogen) atoms. The van der Waals surface area contributed by atoms with E-state index in [1.165, 1.54) is 0 Å². The number of amides is 1. The molecule has 3 nitrogen and oxygen atoms in total. The summed E-state index contributed by atoms with van der Waals surface area (Å²) in [5.41, 5.74) is 0. The van der Waals surface area contributed by atoms with E-state index in [-0.39, 0.29) is 11.9 Å². The van der Waals surface area contributed by atoms with Crippen molar-refractivity contribution in [1.82, 2.24) is 4.90 Å². The van der Waals surface area contributed by atoms with Crippen molar-refractivity contribution >= 4 is 5.91 Å². The lowest BCUT2D eigenvalue weighted by molar-refractivity contribution is -0.134. The number of carbonyl (C=O) groups is 1. The normalized spacial score (nSPS) is 11.9. The lowest BCUT2D eigenvalue weighted by Gasteiger charge is -2.26. The average molecular weight is 194 g/mol. The molecule has 0 aliphatic carbocycles.